The van der Waals surface area contributed by atoms with Gasteiger partial charge in [-0.3, -0.25) is 0 Å². The Kier molecular flexibility index (Phi) is 6.01. The van der Waals surface area contributed by atoms with Gasteiger partial charge in [0.25, 0.3) is 0 Å². The summed E-state index contributed by atoms with van der Waals surface area (Å²) in [6, 6.07) is 4.79. The van der Waals surface area contributed by atoms with Crippen molar-refractivity contribution in [2.45, 2.75) is 32.5 Å². The molecule has 0 atom stereocenters. The van der Waals surface area contributed by atoms with E-state index in [0.29, 0.717) is 35.9 Å². The van der Waals surface area contributed by atoms with Crippen LogP contribution in [0.1, 0.15) is 30.9 Å². The zero-order valence-electron chi connectivity index (χ0n) is 15.5. The van der Waals surface area contributed by atoms with Gasteiger partial charge >= 0.3 is 12.2 Å². The van der Waals surface area contributed by atoms with Crippen LogP contribution in [0.2, 0.25) is 0 Å². The zero-order valence-corrected chi connectivity index (χ0v) is 15.5. The van der Waals surface area contributed by atoms with Gasteiger partial charge in [-0.1, -0.05) is 13.0 Å². The van der Waals surface area contributed by atoms with Gasteiger partial charge in [0.1, 0.15) is 0 Å². The zero-order chi connectivity index (χ0) is 20.1. The molecule has 2 heterocycles. The molecule has 1 aromatic carbocycles. The van der Waals surface area contributed by atoms with Gasteiger partial charge in [0.2, 0.25) is 0 Å². The minimum absolute atomic E-state index is 0.115. The smallest absolute Gasteiger partial charge is 0.371 e. The van der Waals surface area contributed by atoms with Crippen LogP contribution in [0.5, 0.6) is 0 Å². The number of amides is 2. The van der Waals surface area contributed by atoms with Crippen molar-refractivity contribution in [3.05, 3.63) is 47.8 Å². The fourth-order valence-electron chi connectivity index (χ4n) is 3.15. The normalized spacial score (nSPS) is 15.4. The number of halogens is 3. The molecular formula is C19H22F3N5O. The molecule has 1 aliphatic rings. The Morgan fingerprint density at radius 3 is 2.61 bits per heavy atom. The summed E-state index contributed by atoms with van der Waals surface area (Å²) in [6.45, 7) is 3.66. The van der Waals surface area contributed by atoms with Crippen molar-refractivity contribution in [2.24, 2.45) is 5.92 Å². The second kappa shape index (κ2) is 8.45. The van der Waals surface area contributed by atoms with E-state index in [-0.39, 0.29) is 6.54 Å². The minimum Gasteiger partial charge on any atom is -0.371 e. The molecule has 9 heteroatoms. The molecule has 0 unspecified atom stereocenters. The highest BCUT2D eigenvalue weighted by Crippen LogP contribution is 2.35. The highest BCUT2D eigenvalue weighted by Gasteiger charge is 2.32. The van der Waals surface area contributed by atoms with E-state index in [1.165, 1.54) is 24.5 Å². The first kappa shape index (κ1) is 19.9. The summed E-state index contributed by atoms with van der Waals surface area (Å²) >= 11 is 0. The molecule has 1 saturated heterocycles. The van der Waals surface area contributed by atoms with Crippen LogP contribution in [-0.4, -0.2) is 29.3 Å². The van der Waals surface area contributed by atoms with E-state index in [9.17, 15) is 18.0 Å². The van der Waals surface area contributed by atoms with Crippen LogP contribution in [0.3, 0.4) is 0 Å². The number of nitrogens with zero attached hydrogens (tertiary/aromatic N) is 3. The van der Waals surface area contributed by atoms with E-state index in [1.54, 1.807) is 6.07 Å². The first-order valence-corrected chi connectivity index (χ1v) is 9.09. The third-order valence-corrected chi connectivity index (χ3v) is 4.82. The maximum Gasteiger partial charge on any atom is 0.416 e. The molecule has 1 aromatic heterocycles. The van der Waals surface area contributed by atoms with E-state index in [1.807, 2.05) is 4.90 Å². The molecule has 0 saturated carbocycles. The number of rotatable bonds is 4. The van der Waals surface area contributed by atoms with Crippen LogP contribution in [0.4, 0.5) is 29.3 Å². The Labute approximate surface area is 161 Å². The largest absolute Gasteiger partial charge is 0.416 e. The summed E-state index contributed by atoms with van der Waals surface area (Å²) in [5.74, 6) is 0.559. The lowest BCUT2D eigenvalue weighted by Crippen LogP contribution is -2.35. The van der Waals surface area contributed by atoms with Crippen molar-refractivity contribution < 1.29 is 18.0 Å². The number of anilines is 2. The molecule has 28 heavy (non-hydrogen) atoms. The molecule has 1 aliphatic heterocycles. The summed E-state index contributed by atoms with van der Waals surface area (Å²) in [7, 11) is 0. The molecule has 6 nitrogen and oxygen atoms in total. The summed E-state index contributed by atoms with van der Waals surface area (Å²) < 4.78 is 39.5. The van der Waals surface area contributed by atoms with Crippen molar-refractivity contribution in [1.29, 1.82) is 0 Å². The molecule has 2 amide bonds. The lowest BCUT2D eigenvalue weighted by atomic mass is 9.97. The molecule has 0 bridgehead atoms. The molecule has 1 fully saturated rings. The number of nitrogens with one attached hydrogen (secondary N) is 2. The Balaban J connectivity index is 1.74. The van der Waals surface area contributed by atoms with E-state index >= 15 is 0 Å². The van der Waals surface area contributed by atoms with Crippen molar-refractivity contribution in [3.8, 4) is 0 Å². The number of carbonyl (C=O) groups excluding carboxylic acids is 1. The van der Waals surface area contributed by atoms with Crippen LogP contribution < -0.4 is 15.5 Å². The summed E-state index contributed by atoms with van der Waals surface area (Å²) in [6.07, 6.45) is 0.297. The predicted molar refractivity (Wildman–Crippen MR) is 99.9 cm³/mol. The Bertz CT molecular complexity index is 805. The van der Waals surface area contributed by atoms with E-state index in [2.05, 4.69) is 27.8 Å². The van der Waals surface area contributed by atoms with Crippen LogP contribution >= 0.6 is 0 Å². The lowest BCUT2D eigenvalue weighted by molar-refractivity contribution is -0.137. The van der Waals surface area contributed by atoms with E-state index in [4.69, 9.17) is 0 Å². The monoisotopic (exact) mass is 393 g/mol. The predicted octanol–water partition coefficient (Wildman–Crippen LogP) is 4.05. The Morgan fingerprint density at radius 1 is 1.21 bits per heavy atom. The second-order valence-electron chi connectivity index (χ2n) is 6.95. The molecule has 0 aliphatic carbocycles. The van der Waals surface area contributed by atoms with Crippen molar-refractivity contribution in [3.63, 3.8) is 0 Å². The van der Waals surface area contributed by atoms with Crippen LogP contribution in [0.15, 0.2) is 36.7 Å². The van der Waals surface area contributed by atoms with Gasteiger partial charge in [0, 0.05) is 25.3 Å². The third-order valence-electron chi connectivity index (χ3n) is 4.82. The van der Waals surface area contributed by atoms with Gasteiger partial charge in [-0.25, -0.2) is 4.79 Å². The molecule has 150 valence electrons. The van der Waals surface area contributed by atoms with Gasteiger partial charge in [-0.05, 0) is 42.5 Å². The van der Waals surface area contributed by atoms with Crippen LogP contribution in [0.25, 0.3) is 0 Å². The number of carbonyl (C=O) groups is 1. The second-order valence-corrected chi connectivity index (χ2v) is 6.95. The van der Waals surface area contributed by atoms with Gasteiger partial charge in [0.05, 0.1) is 23.6 Å². The van der Waals surface area contributed by atoms with Crippen molar-refractivity contribution >= 4 is 17.4 Å². The molecule has 3 rings (SSSR count). The number of aromatic nitrogens is 2. The molecule has 0 spiro atoms. The molecular weight excluding hydrogens is 371 g/mol. The Morgan fingerprint density at radius 2 is 1.96 bits per heavy atom. The topological polar surface area (TPSA) is 70.2 Å². The fraction of sp³-hybridized carbons (Fsp3) is 0.421. The first-order chi connectivity index (χ1) is 13.3. The number of alkyl halides is 3. The SMILES string of the molecule is CC1CCN(c2cc(C(F)(F)F)ccc2CNC(=O)Nc2ccnnc2)CC1. The quantitative estimate of drug-likeness (QED) is 0.822. The van der Waals surface area contributed by atoms with E-state index < -0.39 is 17.8 Å². The van der Waals surface area contributed by atoms with Crippen molar-refractivity contribution in [2.75, 3.05) is 23.3 Å². The summed E-state index contributed by atoms with van der Waals surface area (Å²) in [5.41, 5.74) is 0.959. The standard InChI is InChI=1S/C19H22F3N5O/c1-13-5-8-27(9-6-13)17-10-15(19(20,21)22)3-2-14(17)11-23-18(28)26-16-4-7-24-25-12-16/h2-4,7,10,12-13H,5-6,8-9,11H2,1H3,(H2,23,24,26,28). The molecule has 2 aromatic rings. The van der Waals surface area contributed by atoms with Gasteiger partial charge in [-0.2, -0.15) is 23.4 Å². The average molecular weight is 393 g/mol. The van der Waals surface area contributed by atoms with Gasteiger partial charge < -0.3 is 15.5 Å². The van der Waals surface area contributed by atoms with Crippen molar-refractivity contribution in [1.82, 2.24) is 15.5 Å². The molecule has 2 N–H and O–H groups in total. The number of urea groups is 1. The average Bonchev–Trinajstić information content (AvgIpc) is 2.67. The first-order valence-electron chi connectivity index (χ1n) is 9.09. The Hall–Kier alpha value is -2.84. The maximum atomic E-state index is 13.2. The van der Waals surface area contributed by atoms with Crippen LogP contribution in [0, 0.1) is 5.92 Å². The number of hydrogen-bond acceptors (Lipinski definition) is 4. The maximum absolute atomic E-state index is 13.2. The van der Waals surface area contributed by atoms with Gasteiger partial charge in [0.15, 0.2) is 0 Å². The third kappa shape index (κ3) is 5.11. The minimum atomic E-state index is -4.41. The number of piperidine rings is 1. The highest BCUT2D eigenvalue weighted by molar-refractivity contribution is 5.89. The van der Waals surface area contributed by atoms with Crippen LogP contribution in [-0.2, 0) is 12.7 Å². The number of benzene rings is 1. The summed E-state index contributed by atoms with van der Waals surface area (Å²) in [4.78, 5) is 14.0. The van der Waals surface area contributed by atoms with E-state index in [0.717, 1.165) is 18.9 Å². The fourth-order valence-corrected chi connectivity index (χ4v) is 3.15. The summed E-state index contributed by atoms with van der Waals surface area (Å²) in [5, 5.41) is 12.6. The lowest BCUT2D eigenvalue weighted by Gasteiger charge is -2.34. The highest BCUT2D eigenvalue weighted by atomic mass is 19.4. The number of hydrogen-bond donors (Lipinski definition) is 2. The van der Waals surface area contributed by atoms with Gasteiger partial charge in [-0.15, -0.1) is 0 Å². The molecule has 0 radical (unpaired) electrons.